The van der Waals surface area contributed by atoms with Crippen molar-refractivity contribution in [2.75, 3.05) is 0 Å². The van der Waals surface area contributed by atoms with E-state index in [1.165, 1.54) is 0 Å². The monoisotopic (exact) mass is 445 g/mol. The Bertz CT molecular complexity index is 1170. The van der Waals surface area contributed by atoms with Crippen molar-refractivity contribution in [2.45, 2.75) is 51.4 Å². The van der Waals surface area contributed by atoms with Crippen LogP contribution in [0.2, 0.25) is 0 Å². The van der Waals surface area contributed by atoms with Crippen LogP contribution in [0.15, 0.2) is 66.7 Å². The number of carbonyl (C=O) groups is 2. The Kier molecular flexibility index (Phi) is 6.03. The maximum absolute atomic E-state index is 12.9. The van der Waals surface area contributed by atoms with E-state index in [1.807, 2.05) is 82.3 Å². The van der Waals surface area contributed by atoms with Crippen molar-refractivity contribution in [3.05, 3.63) is 77.9 Å². The number of hydrogen-bond donors (Lipinski definition) is 2. The molecule has 1 aliphatic rings. The summed E-state index contributed by atoms with van der Waals surface area (Å²) in [6, 6.07) is 19.3. The van der Waals surface area contributed by atoms with E-state index in [4.69, 9.17) is 9.31 Å². The lowest BCUT2D eigenvalue weighted by molar-refractivity contribution is -0.139. The molecule has 1 saturated heterocycles. The van der Waals surface area contributed by atoms with Gasteiger partial charge in [-0.05, 0) is 55.6 Å². The summed E-state index contributed by atoms with van der Waals surface area (Å²) in [5.74, 6) is -1.49. The topological polar surface area (TPSA) is 84.9 Å². The quantitative estimate of drug-likeness (QED) is 0.567. The predicted octanol–water partition coefficient (Wildman–Crippen LogP) is 3.56. The average Bonchev–Trinajstić information content (AvgIpc) is 3.00. The molecule has 0 saturated carbocycles. The summed E-state index contributed by atoms with van der Waals surface area (Å²) < 4.78 is 12.1. The van der Waals surface area contributed by atoms with Crippen molar-refractivity contribution in [3.63, 3.8) is 0 Å². The normalized spacial score (nSPS) is 17.6. The van der Waals surface area contributed by atoms with Crippen LogP contribution < -0.4 is 10.8 Å². The molecule has 6 nitrogen and oxygen atoms in total. The zero-order chi connectivity index (χ0) is 23.8. The van der Waals surface area contributed by atoms with Crippen LogP contribution in [0.25, 0.3) is 10.8 Å². The number of aliphatic carboxylic acids is 1. The third-order valence-corrected chi connectivity index (χ3v) is 6.58. The van der Waals surface area contributed by atoms with Gasteiger partial charge >= 0.3 is 13.1 Å². The number of benzene rings is 3. The number of amides is 1. The first-order valence-corrected chi connectivity index (χ1v) is 11.0. The van der Waals surface area contributed by atoms with Gasteiger partial charge in [0.15, 0.2) is 0 Å². The Balaban J connectivity index is 1.47. The molecule has 33 heavy (non-hydrogen) atoms. The molecule has 1 atom stereocenters. The van der Waals surface area contributed by atoms with Crippen molar-refractivity contribution < 1.29 is 24.0 Å². The zero-order valence-corrected chi connectivity index (χ0v) is 19.3. The maximum atomic E-state index is 12.9. The molecule has 4 rings (SSSR count). The van der Waals surface area contributed by atoms with E-state index in [-0.39, 0.29) is 6.42 Å². The number of hydrogen-bond acceptors (Lipinski definition) is 4. The molecule has 0 aromatic heterocycles. The fourth-order valence-electron chi connectivity index (χ4n) is 3.89. The number of carbonyl (C=O) groups excluding carboxylic acids is 1. The second-order valence-corrected chi connectivity index (χ2v) is 9.42. The molecule has 0 aliphatic carbocycles. The van der Waals surface area contributed by atoms with Gasteiger partial charge in [-0.15, -0.1) is 0 Å². The van der Waals surface area contributed by atoms with Gasteiger partial charge in [-0.1, -0.05) is 60.7 Å². The minimum atomic E-state index is -1.08. The van der Waals surface area contributed by atoms with E-state index in [2.05, 4.69) is 5.32 Å². The van der Waals surface area contributed by atoms with E-state index < -0.39 is 36.2 Å². The minimum Gasteiger partial charge on any atom is -0.480 e. The van der Waals surface area contributed by atoms with Crippen LogP contribution in [0.5, 0.6) is 0 Å². The lowest BCUT2D eigenvalue weighted by Gasteiger charge is -2.32. The first-order chi connectivity index (χ1) is 15.6. The molecule has 3 aromatic carbocycles. The Morgan fingerprint density at radius 3 is 2.15 bits per heavy atom. The fourth-order valence-corrected chi connectivity index (χ4v) is 3.89. The molecule has 1 heterocycles. The predicted molar refractivity (Wildman–Crippen MR) is 129 cm³/mol. The molecule has 1 aliphatic heterocycles. The van der Waals surface area contributed by atoms with Crippen LogP contribution in [-0.2, 0) is 20.5 Å². The number of carboxylic acid groups (broad SMARTS) is 1. The van der Waals surface area contributed by atoms with Crippen LogP contribution in [-0.4, -0.2) is 41.3 Å². The van der Waals surface area contributed by atoms with Crippen LogP contribution >= 0.6 is 0 Å². The van der Waals surface area contributed by atoms with Crippen molar-refractivity contribution >= 4 is 35.2 Å². The molecule has 0 spiro atoms. The molecular formula is C26H28BNO5. The second kappa shape index (κ2) is 8.65. The Hall–Kier alpha value is -3.16. The zero-order valence-electron chi connectivity index (χ0n) is 19.3. The van der Waals surface area contributed by atoms with Gasteiger partial charge in [0.05, 0.1) is 11.2 Å². The highest BCUT2D eigenvalue weighted by molar-refractivity contribution is 6.62. The lowest BCUT2D eigenvalue weighted by atomic mass is 9.78. The van der Waals surface area contributed by atoms with Gasteiger partial charge in [0, 0.05) is 12.0 Å². The molecule has 2 N–H and O–H groups in total. The van der Waals surface area contributed by atoms with E-state index in [0.717, 1.165) is 21.8 Å². The highest BCUT2D eigenvalue weighted by Gasteiger charge is 2.51. The summed E-state index contributed by atoms with van der Waals surface area (Å²) >= 11 is 0. The van der Waals surface area contributed by atoms with Crippen molar-refractivity contribution in [1.29, 1.82) is 0 Å². The smallest absolute Gasteiger partial charge is 0.480 e. The Morgan fingerprint density at radius 2 is 1.52 bits per heavy atom. The van der Waals surface area contributed by atoms with Gasteiger partial charge in [0.1, 0.15) is 6.04 Å². The first-order valence-electron chi connectivity index (χ1n) is 11.0. The fraction of sp³-hybridized carbons (Fsp3) is 0.308. The molecule has 1 amide bonds. The molecule has 0 radical (unpaired) electrons. The van der Waals surface area contributed by atoms with Crippen LogP contribution in [0.1, 0.15) is 43.6 Å². The number of rotatable bonds is 6. The van der Waals surface area contributed by atoms with E-state index in [0.29, 0.717) is 5.56 Å². The summed E-state index contributed by atoms with van der Waals surface area (Å²) in [5.41, 5.74) is 1.24. The van der Waals surface area contributed by atoms with Gasteiger partial charge in [0.25, 0.3) is 5.91 Å². The summed E-state index contributed by atoms with van der Waals surface area (Å²) in [7, 11) is -0.481. The number of carboxylic acids is 1. The largest absolute Gasteiger partial charge is 0.494 e. The highest BCUT2D eigenvalue weighted by atomic mass is 16.7. The summed E-state index contributed by atoms with van der Waals surface area (Å²) in [4.78, 5) is 24.8. The van der Waals surface area contributed by atoms with Gasteiger partial charge in [-0.2, -0.15) is 0 Å². The van der Waals surface area contributed by atoms with Gasteiger partial charge in [-0.25, -0.2) is 4.79 Å². The van der Waals surface area contributed by atoms with Crippen molar-refractivity contribution in [2.24, 2.45) is 0 Å². The summed E-state index contributed by atoms with van der Waals surface area (Å²) in [6.45, 7) is 7.99. The second-order valence-electron chi connectivity index (χ2n) is 9.42. The number of nitrogens with one attached hydrogen (secondary N) is 1. The molecule has 0 bridgehead atoms. The minimum absolute atomic E-state index is 0.162. The van der Waals surface area contributed by atoms with E-state index >= 15 is 0 Å². The molecule has 3 aromatic rings. The van der Waals surface area contributed by atoms with Crippen LogP contribution in [0.3, 0.4) is 0 Å². The molecule has 7 heteroatoms. The van der Waals surface area contributed by atoms with Crippen molar-refractivity contribution in [1.82, 2.24) is 5.32 Å². The standard InChI is InChI=1S/C26H28BNO5/c1-25(2)26(3,4)33-27(32-25)19-14-12-17(13-15-19)16-22(24(30)31)28-23(29)21-11-7-9-18-8-5-6-10-20(18)21/h5-15,22H,16H2,1-4H3,(H,28,29)(H,30,31)/t22-/m1/s1. The lowest BCUT2D eigenvalue weighted by Crippen LogP contribution is -2.42. The first kappa shape index (κ1) is 23.0. The summed E-state index contributed by atoms with van der Waals surface area (Å²) in [5, 5.41) is 14.1. The third-order valence-electron chi connectivity index (χ3n) is 6.58. The summed E-state index contributed by atoms with van der Waals surface area (Å²) in [6.07, 6.45) is 0.162. The van der Waals surface area contributed by atoms with Gasteiger partial charge in [0.2, 0.25) is 0 Å². The van der Waals surface area contributed by atoms with Gasteiger partial charge < -0.3 is 19.7 Å². The van der Waals surface area contributed by atoms with Crippen LogP contribution in [0, 0.1) is 0 Å². The Labute approximate surface area is 194 Å². The molecular weight excluding hydrogens is 417 g/mol. The van der Waals surface area contributed by atoms with Crippen molar-refractivity contribution in [3.8, 4) is 0 Å². The average molecular weight is 445 g/mol. The maximum Gasteiger partial charge on any atom is 0.494 e. The van der Waals surface area contributed by atoms with Crippen LogP contribution in [0.4, 0.5) is 0 Å². The Morgan fingerprint density at radius 1 is 0.909 bits per heavy atom. The van der Waals surface area contributed by atoms with Gasteiger partial charge in [-0.3, -0.25) is 4.79 Å². The molecule has 170 valence electrons. The highest BCUT2D eigenvalue weighted by Crippen LogP contribution is 2.36. The third kappa shape index (κ3) is 4.65. The molecule has 1 fully saturated rings. The van der Waals surface area contributed by atoms with E-state index in [9.17, 15) is 14.7 Å². The number of fused-ring (bicyclic) bond motifs is 1. The SMILES string of the molecule is CC1(C)OB(c2ccc(C[C@@H](NC(=O)c3cccc4ccccc34)C(=O)O)cc2)OC1(C)C. The van der Waals surface area contributed by atoms with E-state index in [1.54, 1.807) is 12.1 Å². The molecule has 0 unspecified atom stereocenters.